The van der Waals surface area contributed by atoms with Gasteiger partial charge in [-0.25, -0.2) is 9.37 Å². The Bertz CT molecular complexity index is 1010. The molecule has 0 unspecified atom stereocenters. The van der Waals surface area contributed by atoms with E-state index in [1.807, 2.05) is 18.0 Å². The topological polar surface area (TPSA) is 38.1 Å². The molecule has 130 valence electrons. The molecule has 0 saturated carbocycles. The summed E-state index contributed by atoms with van der Waals surface area (Å²) >= 11 is 1.64. The molecule has 1 aliphatic rings. The van der Waals surface area contributed by atoms with E-state index >= 15 is 0 Å². The van der Waals surface area contributed by atoms with E-state index < -0.39 is 0 Å². The lowest BCUT2D eigenvalue weighted by molar-refractivity contribution is 0.605. The van der Waals surface area contributed by atoms with Crippen LogP contribution in [0.5, 0.6) is 0 Å². The van der Waals surface area contributed by atoms with Crippen molar-refractivity contribution in [3.63, 3.8) is 0 Å². The Kier molecular flexibility index (Phi) is 4.07. The van der Waals surface area contributed by atoms with Crippen LogP contribution < -0.4 is 10.5 Å². The van der Waals surface area contributed by atoms with Gasteiger partial charge in [-0.2, -0.15) is 0 Å². The van der Waals surface area contributed by atoms with Crippen LogP contribution in [0.1, 0.15) is 28.8 Å². The fourth-order valence-electron chi connectivity index (χ4n) is 3.57. The number of aromatic nitrogens is 2. The molecular formula is C19H20FN3OS. The van der Waals surface area contributed by atoms with Crippen LogP contribution in [0.15, 0.2) is 29.1 Å². The van der Waals surface area contributed by atoms with Gasteiger partial charge in [0.2, 0.25) is 5.95 Å². The maximum atomic E-state index is 13.9. The minimum absolute atomic E-state index is 0.000200. The van der Waals surface area contributed by atoms with E-state index in [1.54, 1.807) is 35.1 Å². The molecule has 0 saturated heterocycles. The van der Waals surface area contributed by atoms with E-state index in [-0.39, 0.29) is 11.4 Å². The first-order chi connectivity index (χ1) is 12.1. The number of aryl methyl sites for hydroxylation is 2. The smallest absolute Gasteiger partial charge is 0.263 e. The number of thiophene rings is 1. The van der Waals surface area contributed by atoms with Crippen molar-refractivity contribution in [2.75, 3.05) is 11.9 Å². The van der Waals surface area contributed by atoms with Crippen molar-refractivity contribution in [3.05, 3.63) is 56.4 Å². The molecule has 0 radical (unpaired) electrons. The molecule has 2 aromatic heterocycles. The van der Waals surface area contributed by atoms with Crippen LogP contribution >= 0.6 is 11.3 Å². The summed E-state index contributed by atoms with van der Waals surface area (Å²) in [7, 11) is 3.59. The summed E-state index contributed by atoms with van der Waals surface area (Å²) in [5.41, 5.74) is 1.78. The summed E-state index contributed by atoms with van der Waals surface area (Å²) in [6.45, 7) is 0.365. The van der Waals surface area contributed by atoms with Crippen molar-refractivity contribution < 1.29 is 4.39 Å². The predicted octanol–water partition coefficient (Wildman–Crippen LogP) is 3.65. The Hall–Kier alpha value is -2.21. The van der Waals surface area contributed by atoms with Crippen LogP contribution in [0, 0.1) is 5.82 Å². The lowest BCUT2D eigenvalue weighted by Crippen LogP contribution is -2.28. The van der Waals surface area contributed by atoms with E-state index in [9.17, 15) is 9.18 Å². The summed E-state index contributed by atoms with van der Waals surface area (Å²) in [5.74, 6) is 0.325. The van der Waals surface area contributed by atoms with Gasteiger partial charge < -0.3 is 4.90 Å². The second-order valence-corrected chi connectivity index (χ2v) is 7.70. The highest BCUT2D eigenvalue weighted by Gasteiger charge is 2.22. The quantitative estimate of drug-likeness (QED) is 0.718. The first-order valence-electron chi connectivity index (χ1n) is 8.52. The number of nitrogens with zero attached hydrogens (tertiary/aromatic N) is 3. The van der Waals surface area contributed by atoms with Crippen LogP contribution in [-0.4, -0.2) is 16.6 Å². The van der Waals surface area contributed by atoms with Gasteiger partial charge in [-0.1, -0.05) is 18.2 Å². The monoisotopic (exact) mass is 357 g/mol. The number of hydrogen-bond donors (Lipinski definition) is 0. The molecule has 6 heteroatoms. The van der Waals surface area contributed by atoms with Gasteiger partial charge in [0.1, 0.15) is 10.6 Å². The van der Waals surface area contributed by atoms with E-state index in [1.165, 1.54) is 22.9 Å². The molecule has 0 amide bonds. The number of halogens is 1. The largest absolute Gasteiger partial charge is 0.341 e. The van der Waals surface area contributed by atoms with Gasteiger partial charge in [0.25, 0.3) is 5.56 Å². The third-order valence-electron chi connectivity index (χ3n) is 4.88. The molecular weight excluding hydrogens is 337 g/mol. The van der Waals surface area contributed by atoms with Crippen LogP contribution in [0.4, 0.5) is 10.3 Å². The summed E-state index contributed by atoms with van der Waals surface area (Å²) < 4.78 is 15.5. The van der Waals surface area contributed by atoms with Gasteiger partial charge in [-0.15, -0.1) is 11.3 Å². The zero-order chi connectivity index (χ0) is 17.6. The van der Waals surface area contributed by atoms with Gasteiger partial charge >= 0.3 is 0 Å². The maximum Gasteiger partial charge on any atom is 0.263 e. The highest BCUT2D eigenvalue weighted by atomic mass is 32.1. The Balaban J connectivity index is 1.78. The van der Waals surface area contributed by atoms with Crippen molar-refractivity contribution in [2.24, 2.45) is 7.05 Å². The molecule has 0 bridgehead atoms. The molecule has 3 aromatic rings. The van der Waals surface area contributed by atoms with Crippen LogP contribution in [-0.2, 0) is 26.4 Å². The number of fused-ring (bicyclic) bond motifs is 3. The Morgan fingerprint density at radius 3 is 2.84 bits per heavy atom. The van der Waals surface area contributed by atoms with Gasteiger partial charge in [-0.05, 0) is 37.3 Å². The first kappa shape index (κ1) is 16.3. The van der Waals surface area contributed by atoms with Crippen LogP contribution in [0.25, 0.3) is 10.2 Å². The Labute approximate surface area is 149 Å². The zero-order valence-electron chi connectivity index (χ0n) is 14.4. The standard InChI is InChI=1S/C19H20FN3OS/c1-22(11-12-7-3-5-9-14(12)20)19-21-17-16(18(24)23(19)2)13-8-4-6-10-15(13)25-17/h3,5,7,9H,4,6,8,10-11H2,1-2H3. The van der Waals surface area contributed by atoms with Crippen molar-refractivity contribution in [2.45, 2.75) is 32.2 Å². The third kappa shape index (κ3) is 2.74. The van der Waals surface area contributed by atoms with Crippen molar-refractivity contribution in [1.29, 1.82) is 0 Å². The molecule has 0 aliphatic heterocycles. The fourth-order valence-corrected chi connectivity index (χ4v) is 4.82. The van der Waals surface area contributed by atoms with Gasteiger partial charge in [0, 0.05) is 31.1 Å². The fraction of sp³-hybridized carbons (Fsp3) is 0.368. The molecule has 1 aliphatic carbocycles. The number of rotatable bonds is 3. The molecule has 1 aromatic carbocycles. The normalized spacial score (nSPS) is 13.9. The van der Waals surface area contributed by atoms with Crippen LogP contribution in [0.3, 0.4) is 0 Å². The van der Waals surface area contributed by atoms with Crippen molar-refractivity contribution in [1.82, 2.24) is 9.55 Å². The number of anilines is 1. The zero-order valence-corrected chi connectivity index (χ0v) is 15.2. The van der Waals surface area contributed by atoms with E-state index in [2.05, 4.69) is 0 Å². The molecule has 0 N–H and O–H groups in total. The average Bonchev–Trinajstić information content (AvgIpc) is 2.98. The molecule has 0 fully saturated rings. The second-order valence-electron chi connectivity index (χ2n) is 6.61. The molecule has 0 spiro atoms. The maximum absolute atomic E-state index is 13.9. The Morgan fingerprint density at radius 2 is 2.04 bits per heavy atom. The summed E-state index contributed by atoms with van der Waals surface area (Å²) in [5, 5.41) is 0.783. The van der Waals surface area contributed by atoms with Gasteiger partial charge in [0.05, 0.1) is 5.39 Å². The van der Waals surface area contributed by atoms with Crippen molar-refractivity contribution in [3.8, 4) is 0 Å². The number of hydrogen-bond acceptors (Lipinski definition) is 4. The lowest BCUT2D eigenvalue weighted by Gasteiger charge is -2.21. The minimum atomic E-state index is -0.244. The van der Waals surface area contributed by atoms with E-state index in [0.717, 1.165) is 29.5 Å². The second kappa shape index (κ2) is 6.26. The average molecular weight is 357 g/mol. The van der Waals surface area contributed by atoms with Gasteiger partial charge in [-0.3, -0.25) is 9.36 Å². The third-order valence-corrected chi connectivity index (χ3v) is 6.07. The molecule has 4 rings (SSSR count). The molecule has 4 nitrogen and oxygen atoms in total. The molecule has 0 atom stereocenters. The Morgan fingerprint density at radius 1 is 1.28 bits per heavy atom. The van der Waals surface area contributed by atoms with E-state index in [4.69, 9.17) is 4.98 Å². The summed E-state index contributed by atoms with van der Waals surface area (Å²) in [6, 6.07) is 6.70. The van der Waals surface area contributed by atoms with Crippen molar-refractivity contribution >= 4 is 27.5 Å². The first-order valence-corrected chi connectivity index (χ1v) is 9.33. The SMILES string of the molecule is CN(Cc1ccccc1F)c1nc2sc3c(c2c(=O)n1C)CCCC3. The van der Waals surface area contributed by atoms with Gasteiger partial charge in [0.15, 0.2) is 0 Å². The lowest BCUT2D eigenvalue weighted by atomic mass is 9.97. The summed E-state index contributed by atoms with van der Waals surface area (Å²) in [4.78, 5) is 21.6. The highest BCUT2D eigenvalue weighted by Crippen LogP contribution is 2.34. The molecule has 25 heavy (non-hydrogen) atoms. The predicted molar refractivity (Wildman–Crippen MR) is 100 cm³/mol. The minimum Gasteiger partial charge on any atom is -0.341 e. The highest BCUT2D eigenvalue weighted by molar-refractivity contribution is 7.18. The molecule has 2 heterocycles. The van der Waals surface area contributed by atoms with Crippen LogP contribution in [0.2, 0.25) is 0 Å². The summed E-state index contributed by atoms with van der Waals surface area (Å²) in [6.07, 6.45) is 4.33. The van der Waals surface area contributed by atoms with E-state index in [0.29, 0.717) is 18.1 Å². The number of benzene rings is 1.